The lowest BCUT2D eigenvalue weighted by Gasteiger charge is -2.35. The number of hydrogen-bond donors (Lipinski definition) is 0. The van der Waals surface area contributed by atoms with Crippen LogP contribution in [0.3, 0.4) is 0 Å². The predicted octanol–water partition coefficient (Wildman–Crippen LogP) is 2.97. The summed E-state index contributed by atoms with van der Waals surface area (Å²) in [5.41, 5.74) is 0. The van der Waals surface area contributed by atoms with Crippen LogP contribution in [0.15, 0.2) is 12.2 Å². The number of ether oxygens (including phenoxy) is 1. The summed E-state index contributed by atoms with van der Waals surface area (Å²) in [6.45, 7) is 7.99. The van der Waals surface area contributed by atoms with E-state index in [-0.39, 0.29) is 18.1 Å². The van der Waals surface area contributed by atoms with Crippen LogP contribution in [0.5, 0.6) is 0 Å². The standard InChI is InChI=1S/C13H22O2/c1-5-6-12-7-11(10(4)14)8-13(15-12)9(2)3/h5-6,9,11-13H,7-8H2,1-4H3/b6-5+/t11-,12+,13+/m1/s1. The summed E-state index contributed by atoms with van der Waals surface area (Å²) in [7, 11) is 0. The van der Waals surface area contributed by atoms with Crippen molar-refractivity contribution in [2.75, 3.05) is 0 Å². The highest BCUT2D eigenvalue weighted by Gasteiger charge is 2.31. The number of allylic oxidation sites excluding steroid dienone is 1. The van der Waals surface area contributed by atoms with E-state index >= 15 is 0 Å². The molecular formula is C13H22O2. The first kappa shape index (κ1) is 12.4. The Morgan fingerprint density at radius 3 is 2.53 bits per heavy atom. The molecular weight excluding hydrogens is 188 g/mol. The number of hydrogen-bond acceptors (Lipinski definition) is 2. The molecule has 0 saturated carbocycles. The van der Waals surface area contributed by atoms with Crippen LogP contribution in [-0.2, 0) is 9.53 Å². The topological polar surface area (TPSA) is 26.3 Å². The quantitative estimate of drug-likeness (QED) is 0.669. The van der Waals surface area contributed by atoms with Crippen LogP contribution in [0, 0.1) is 11.8 Å². The summed E-state index contributed by atoms with van der Waals surface area (Å²) in [5.74, 6) is 0.978. The maximum Gasteiger partial charge on any atom is 0.133 e. The Labute approximate surface area is 92.7 Å². The minimum absolute atomic E-state index is 0.130. The second-order valence-electron chi connectivity index (χ2n) is 4.76. The molecule has 3 atom stereocenters. The normalized spacial score (nSPS) is 32.5. The van der Waals surface area contributed by atoms with E-state index in [2.05, 4.69) is 19.9 Å². The number of rotatable bonds is 3. The fourth-order valence-electron chi connectivity index (χ4n) is 2.09. The largest absolute Gasteiger partial charge is 0.371 e. The molecule has 0 aromatic carbocycles. The molecule has 0 unspecified atom stereocenters. The second kappa shape index (κ2) is 5.45. The molecule has 1 aliphatic rings. The van der Waals surface area contributed by atoms with Crippen LogP contribution in [0.25, 0.3) is 0 Å². The summed E-state index contributed by atoms with van der Waals surface area (Å²) in [6, 6.07) is 0. The van der Waals surface area contributed by atoms with Crippen molar-refractivity contribution < 1.29 is 9.53 Å². The Kier molecular flexibility index (Phi) is 4.52. The molecule has 2 nitrogen and oxygen atoms in total. The van der Waals surface area contributed by atoms with E-state index in [1.165, 1.54) is 0 Å². The van der Waals surface area contributed by atoms with Crippen LogP contribution in [-0.4, -0.2) is 18.0 Å². The van der Waals surface area contributed by atoms with Gasteiger partial charge in [-0.2, -0.15) is 0 Å². The maximum atomic E-state index is 11.4. The summed E-state index contributed by atoms with van der Waals surface area (Å²) in [4.78, 5) is 11.4. The van der Waals surface area contributed by atoms with Crippen LogP contribution in [0.4, 0.5) is 0 Å². The molecule has 15 heavy (non-hydrogen) atoms. The van der Waals surface area contributed by atoms with Crippen molar-refractivity contribution in [2.45, 2.75) is 52.7 Å². The van der Waals surface area contributed by atoms with Crippen LogP contribution < -0.4 is 0 Å². The third-order valence-electron chi connectivity index (χ3n) is 3.11. The molecule has 1 fully saturated rings. The van der Waals surface area contributed by atoms with E-state index in [9.17, 15) is 4.79 Å². The molecule has 0 N–H and O–H groups in total. The van der Waals surface area contributed by atoms with E-state index in [0.29, 0.717) is 11.7 Å². The van der Waals surface area contributed by atoms with Crippen molar-refractivity contribution in [3.8, 4) is 0 Å². The number of carbonyl (C=O) groups is 1. The van der Waals surface area contributed by atoms with Crippen molar-refractivity contribution in [1.29, 1.82) is 0 Å². The minimum atomic E-state index is 0.130. The first-order valence-electron chi connectivity index (χ1n) is 5.83. The molecule has 0 spiro atoms. The minimum Gasteiger partial charge on any atom is -0.371 e. The molecule has 0 radical (unpaired) electrons. The molecule has 0 aliphatic carbocycles. The second-order valence-corrected chi connectivity index (χ2v) is 4.76. The average Bonchev–Trinajstić information content (AvgIpc) is 2.17. The lowest BCUT2D eigenvalue weighted by atomic mass is 9.85. The van der Waals surface area contributed by atoms with Crippen LogP contribution in [0.1, 0.15) is 40.5 Å². The number of carbonyl (C=O) groups excluding carboxylic acids is 1. The highest BCUT2D eigenvalue weighted by Crippen LogP contribution is 2.30. The van der Waals surface area contributed by atoms with Gasteiger partial charge in [-0.1, -0.05) is 26.0 Å². The van der Waals surface area contributed by atoms with E-state index in [1.54, 1.807) is 6.92 Å². The van der Waals surface area contributed by atoms with Gasteiger partial charge in [-0.15, -0.1) is 0 Å². The fraction of sp³-hybridized carbons (Fsp3) is 0.769. The van der Waals surface area contributed by atoms with Crippen molar-refractivity contribution in [1.82, 2.24) is 0 Å². The predicted molar refractivity (Wildman–Crippen MR) is 61.7 cm³/mol. The molecule has 0 aromatic heterocycles. The van der Waals surface area contributed by atoms with Crippen molar-refractivity contribution in [2.24, 2.45) is 11.8 Å². The Morgan fingerprint density at radius 2 is 2.07 bits per heavy atom. The lowest BCUT2D eigenvalue weighted by molar-refractivity contribution is -0.130. The molecule has 1 heterocycles. The van der Waals surface area contributed by atoms with Gasteiger partial charge in [0.15, 0.2) is 0 Å². The maximum absolute atomic E-state index is 11.4. The third-order valence-corrected chi connectivity index (χ3v) is 3.11. The van der Waals surface area contributed by atoms with Gasteiger partial charge < -0.3 is 4.74 Å². The zero-order valence-electron chi connectivity index (χ0n) is 10.2. The molecule has 1 rings (SSSR count). The van der Waals surface area contributed by atoms with Crippen molar-refractivity contribution in [3.63, 3.8) is 0 Å². The van der Waals surface area contributed by atoms with Gasteiger partial charge >= 0.3 is 0 Å². The molecule has 2 heteroatoms. The summed E-state index contributed by atoms with van der Waals surface area (Å²) < 4.78 is 5.93. The van der Waals surface area contributed by atoms with Gasteiger partial charge in [-0.05, 0) is 32.6 Å². The van der Waals surface area contributed by atoms with Gasteiger partial charge in [-0.25, -0.2) is 0 Å². The average molecular weight is 210 g/mol. The van der Waals surface area contributed by atoms with Gasteiger partial charge in [0.1, 0.15) is 5.78 Å². The zero-order chi connectivity index (χ0) is 11.4. The fourth-order valence-corrected chi connectivity index (χ4v) is 2.09. The molecule has 1 aliphatic heterocycles. The monoisotopic (exact) mass is 210 g/mol. The first-order chi connectivity index (χ1) is 7.04. The first-order valence-corrected chi connectivity index (χ1v) is 5.83. The Balaban J connectivity index is 2.68. The van der Waals surface area contributed by atoms with E-state index in [4.69, 9.17) is 4.74 Å². The highest BCUT2D eigenvalue weighted by atomic mass is 16.5. The SMILES string of the molecule is C/C=C/[C@H]1C[C@@H](C(C)=O)C[C@@H](C(C)C)O1. The zero-order valence-corrected chi connectivity index (χ0v) is 10.2. The van der Waals surface area contributed by atoms with E-state index in [0.717, 1.165) is 12.8 Å². The summed E-state index contributed by atoms with van der Waals surface area (Å²) >= 11 is 0. The molecule has 0 amide bonds. The van der Waals surface area contributed by atoms with Gasteiger partial charge in [0, 0.05) is 5.92 Å². The Hall–Kier alpha value is -0.630. The molecule has 0 aromatic rings. The number of Topliss-reactive ketones (excluding diaryl/α,β-unsaturated/α-hetero) is 1. The highest BCUT2D eigenvalue weighted by molar-refractivity contribution is 5.78. The van der Waals surface area contributed by atoms with Crippen LogP contribution >= 0.6 is 0 Å². The van der Waals surface area contributed by atoms with E-state index in [1.807, 2.05) is 13.0 Å². The van der Waals surface area contributed by atoms with Gasteiger partial charge in [0.2, 0.25) is 0 Å². The van der Waals surface area contributed by atoms with Gasteiger partial charge in [-0.3, -0.25) is 4.79 Å². The smallest absolute Gasteiger partial charge is 0.133 e. The van der Waals surface area contributed by atoms with Gasteiger partial charge in [0.25, 0.3) is 0 Å². The summed E-state index contributed by atoms with van der Waals surface area (Å²) in [5, 5.41) is 0. The Bertz CT molecular complexity index is 243. The van der Waals surface area contributed by atoms with E-state index < -0.39 is 0 Å². The molecule has 86 valence electrons. The molecule has 0 bridgehead atoms. The van der Waals surface area contributed by atoms with Crippen LogP contribution in [0.2, 0.25) is 0 Å². The van der Waals surface area contributed by atoms with Crippen molar-refractivity contribution in [3.05, 3.63) is 12.2 Å². The Morgan fingerprint density at radius 1 is 1.40 bits per heavy atom. The van der Waals surface area contributed by atoms with Crippen molar-refractivity contribution >= 4 is 5.78 Å². The van der Waals surface area contributed by atoms with Gasteiger partial charge in [0.05, 0.1) is 12.2 Å². The number of ketones is 1. The third kappa shape index (κ3) is 3.45. The summed E-state index contributed by atoms with van der Waals surface area (Å²) in [6.07, 6.45) is 6.16. The lowest BCUT2D eigenvalue weighted by Crippen LogP contribution is -2.37. The molecule has 1 saturated heterocycles.